The van der Waals surface area contributed by atoms with Gasteiger partial charge in [-0.05, 0) is 36.4 Å². The van der Waals surface area contributed by atoms with Gasteiger partial charge in [-0.1, -0.05) is 6.07 Å². The number of fused-ring (bicyclic) bond motifs is 1. The number of nitrogens with zero attached hydrogens (tertiary/aromatic N) is 2. The van der Waals surface area contributed by atoms with Crippen molar-refractivity contribution in [3.8, 4) is 17.6 Å². The van der Waals surface area contributed by atoms with Crippen LogP contribution in [0, 0.1) is 11.3 Å². The summed E-state index contributed by atoms with van der Waals surface area (Å²) in [6.07, 6.45) is 0. The molecule has 0 fully saturated rings. The zero-order valence-corrected chi connectivity index (χ0v) is 9.91. The molecule has 0 amide bonds. The monoisotopic (exact) mass is 254 g/mol. The van der Waals surface area contributed by atoms with Crippen LogP contribution in [-0.4, -0.2) is 5.21 Å². The Balaban J connectivity index is 1.86. The van der Waals surface area contributed by atoms with Crippen LogP contribution in [-0.2, 0) is 11.4 Å². The Morgan fingerprint density at radius 3 is 2.89 bits per heavy atom. The molecule has 0 saturated carbocycles. The molecular weight excluding hydrogens is 244 g/mol. The summed E-state index contributed by atoms with van der Waals surface area (Å²) in [5, 5.41) is 18.9. The van der Waals surface area contributed by atoms with E-state index in [2.05, 4.69) is 6.07 Å². The Labute approximate surface area is 109 Å². The smallest absolute Gasteiger partial charge is 0.128 e. The average Bonchev–Trinajstić information content (AvgIpc) is 2.80. The Kier molecular flexibility index (Phi) is 2.80. The van der Waals surface area contributed by atoms with E-state index in [0.717, 1.165) is 10.8 Å². The Morgan fingerprint density at radius 2 is 2.05 bits per heavy atom. The van der Waals surface area contributed by atoms with Gasteiger partial charge in [-0.2, -0.15) is 5.26 Å². The molecule has 1 heterocycles. The maximum absolute atomic E-state index is 9.36. The maximum atomic E-state index is 9.36. The number of benzene rings is 2. The van der Waals surface area contributed by atoms with Gasteiger partial charge < -0.3 is 4.74 Å². The van der Waals surface area contributed by atoms with Crippen LogP contribution >= 0.6 is 0 Å². The van der Waals surface area contributed by atoms with E-state index in [0.29, 0.717) is 29.4 Å². The Hall–Kier alpha value is -2.55. The molecule has 0 atom stereocenters. The van der Waals surface area contributed by atoms with Crippen LogP contribution in [0.25, 0.3) is 0 Å². The van der Waals surface area contributed by atoms with Crippen LogP contribution in [0.5, 0.6) is 11.5 Å². The molecular formula is C14H10N2O3. The van der Waals surface area contributed by atoms with Crippen molar-refractivity contribution in [2.24, 2.45) is 0 Å². The van der Waals surface area contributed by atoms with Gasteiger partial charge >= 0.3 is 0 Å². The second-order valence-electron chi connectivity index (χ2n) is 4.08. The molecule has 5 nitrogen and oxygen atoms in total. The van der Waals surface area contributed by atoms with Crippen LogP contribution in [0.1, 0.15) is 11.1 Å². The second kappa shape index (κ2) is 4.61. The average molecular weight is 254 g/mol. The van der Waals surface area contributed by atoms with E-state index in [1.807, 2.05) is 0 Å². The van der Waals surface area contributed by atoms with Crippen molar-refractivity contribution in [3.63, 3.8) is 0 Å². The predicted octanol–water partition coefficient (Wildman–Crippen LogP) is 2.99. The third kappa shape index (κ3) is 2.22. The standard InChI is InChI=1S/C14H10N2O3/c15-8-10-2-1-3-12(6-10)19-13-4-5-14-11(7-13)9-18-16(14)17/h1-7,17H,9H2. The highest BCUT2D eigenvalue weighted by atomic mass is 16.9. The minimum Gasteiger partial charge on any atom is -0.457 e. The van der Waals surface area contributed by atoms with Crippen LogP contribution in [0.2, 0.25) is 0 Å². The molecule has 1 aliphatic rings. The second-order valence-corrected chi connectivity index (χ2v) is 4.08. The first-order chi connectivity index (χ1) is 9.26. The molecule has 2 aromatic rings. The van der Waals surface area contributed by atoms with Crippen molar-refractivity contribution in [2.75, 3.05) is 5.23 Å². The summed E-state index contributed by atoms with van der Waals surface area (Å²) in [6.45, 7) is 0.307. The van der Waals surface area contributed by atoms with E-state index in [-0.39, 0.29) is 0 Å². The van der Waals surface area contributed by atoms with E-state index in [1.54, 1.807) is 42.5 Å². The van der Waals surface area contributed by atoms with Crippen LogP contribution in [0.15, 0.2) is 42.5 Å². The fourth-order valence-electron chi connectivity index (χ4n) is 1.89. The summed E-state index contributed by atoms with van der Waals surface area (Å²) >= 11 is 0. The fraction of sp³-hybridized carbons (Fsp3) is 0.0714. The lowest BCUT2D eigenvalue weighted by molar-refractivity contribution is -0.0329. The van der Waals surface area contributed by atoms with Gasteiger partial charge in [0.25, 0.3) is 0 Å². The topological polar surface area (TPSA) is 65.7 Å². The number of anilines is 1. The molecule has 19 heavy (non-hydrogen) atoms. The molecule has 0 aliphatic carbocycles. The molecule has 1 aliphatic heterocycles. The number of nitriles is 1. The molecule has 5 heteroatoms. The number of hydrogen-bond acceptors (Lipinski definition) is 5. The first-order valence-corrected chi connectivity index (χ1v) is 5.69. The summed E-state index contributed by atoms with van der Waals surface area (Å²) in [6, 6.07) is 14.2. The lowest BCUT2D eigenvalue weighted by atomic mass is 10.2. The lowest BCUT2D eigenvalue weighted by Gasteiger charge is -2.09. The van der Waals surface area contributed by atoms with Crippen molar-refractivity contribution in [1.29, 1.82) is 5.26 Å². The SMILES string of the molecule is N#Cc1cccc(Oc2ccc3c(c2)CON3O)c1. The van der Waals surface area contributed by atoms with Crippen molar-refractivity contribution >= 4 is 5.69 Å². The Morgan fingerprint density at radius 1 is 1.21 bits per heavy atom. The summed E-state index contributed by atoms with van der Waals surface area (Å²) in [4.78, 5) is 4.96. The minimum atomic E-state index is 0.307. The third-order valence-corrected chi connectivity index (χ3v) is 2.80. The lowest BCUT2D eigenvalue weighted by Crippen LogP contribution is -2.10. The molecule has 0 radical (unpaired) electrons. The zero-order valence-electron chi connectivity index (χ0n) is 9.91. The highest BCUT2D eigenvalue weighted by Gasteiger charge is 2.19. The van der Waals surface area contributed by atoms with Gasteiger partial charge in [0, 0.05) is 5.56 Å². The van der Waals surface area contributed by atoms with Crippen molar-refractivity contribution in [2.45, 2.75) is 6.61 Å². The van der Waals surface area contributed by atoms with E-state index in [1.165, 1.54) is 0 Å². The molecule has 3 rings (SSSR count). The summed E-state index contributed by atoms with van der Waals surface area (Å²) < 4.78 is 5.67. The highest BCUT2D eigenvalue weighted by Crippen LogP contribution is 2.32. The Bertz CT molecular complexity index is 664. The molecule has 0 unspecified atom stereocenters. The van der Waals surface area contributed by atoms with Gasteiger partial charge in [0.15, 0.2) is 0 Å². The third-order valence-electron chi connectivity index (χ3n) is 2.80. The van der Waals surface area contributed by atoms with E-state index >= 15 is 0 Å². The summed E-state index contributed by atoms with van der Waals surface area (Å²) in [5.41, 5.74) is 2.00. The van der Waals surface area contributed by atoms with Gasteiger partial charge in [0.2, 0.25) is 0 Å². The minimum absolute atomic E-state index is 0.307. The van der Waals surface area contributed by atoms with E-state index in [4.69, 9.17) is 14.8 Å². The van der Waals surface area contributed by atoms with Gasteiger partial charge in [-0.3, -0.25) is 5.21 Å². The van der Waals surface area contributed by atoms with E-state index in [9.17, 15) is 5.21 Å². The largest absolute Gasteiger partial charge is 0.457 e. The molecule has 0 aromatic heterocycles. The van der Waals surface area contributed by atoms with Gasteiger partial charge in [-0.25, -0.2) is 4.84 Å². The first-order valence-electron chi connectivity index (χ1n) is 5.69. The van der Waals surface area contributed by atoms with Crippen LogP contribution < -0.4 is 9.96 Å². The predicted molar refractivity (Wildman–Crippen MR) is 66.7 cm³/mol. The molecule has 2 aromatic carbocycles. The maximum Gasteiger partial charge on any atom is 0.128 e. The number of ether oxygens (including phenoxy) is 1. The van der Waals surface area contributed by atoms with Crippen LogP contribution in [0.3, 0.4) is 0 Å². The summed E-state index contributed by atoms with van der Waals surface area (Å²) in [7, 11) is 0. The first kappa shape index (κ1) is 11.5. The highest BCUT2D eigenvalue weighted by molar-refractivity contribution is 5.55. The molecule has 1 N–H and O–H groups in total. The quantitative estimate of drug-likeness (QED) is 0.892. The van der Waals surface area contributed by atoms with Crippen molar-refractivity contribution in [1.82, 2.24) is 0 Å². The fourth-order valence-corrected chi connectivity index (χ4v) is 1.89. The van der Waals surface area contributed by atoms with Gasteiger partial charge in [0.05, 0.1) is 11.6 Å². The normalized spacial score (nSPS) is 12.9. The molecule has 0 spiro atoms. The van der Waals surface area contributed by atoms with Crippen molar-refractivity contribution < 1.29 is 14.8 Å². The van der Waals surface area contributed by atoms with Gasteiger partial charge in [-0.15, -0.1) is 5.23 Å². The van der Waals surface area contributed by atoms with E-state index < -0.39 is 0 Å². The zero-order chi connectivity index (χ0) is 13.2. The van der Waals surface area contributed by atoms with Crippen molar-refractivity contribution in [3.05, 3.63) is 53.6 Å². The van der Waals surface area contributed by atoms with Gasteiger partial charge in [0.1, 0.15) is 23.8 Å². The molecule has 94 valence electrons. The molecule has 0 bridgehead atoms. The number of hydrogen-bond donors (Lipinski definition) is 1. The number of rotatable bonds is 2. The van der Waals surface area contributed by atoms with Crippen LogP contribution in [0.4, 0.5) is 5.69 Å². The molecule has 0 saturated heterocycles. The summed E-state index contributed by atoms with van der Waals surface area (Å²) in [5.74, 6) is 1.23.